The minimum Gasteiger partial charge on any atom is -0.508 e. The number of nitrogens with one attached hydrogen (secondary N) is 2. The van der Waals surface area contributed by atoms with Crippen LogP contribution in [0.25, 0.3) is 0 Å². The monoisotopic (exact) mass is 408 g/mol. The van der Waals surface area contributed by atoms with Crippen LogP contribution in [-0.4, -0.2) is 22.8 Å². The second-order valence-electron chi connectivity index (χ2n) is 10.3. The summed E-state index contributed by atoms with van der Waals surface area (Å²) in [5.41, 5.74) is 2.39. The summed E-state index contributed by atoms with van der Waals surface area (Å²) in [5.74, 6) is -0.450. The Labute approximate surface area is 179 Å². The van der Waals surface area contributed by atoms with Gasteiger partial charge < -0.3 is 15.7 Å². The molecule has 0 saturated heterocycles. The average Bonchev–Trinajstić information content (AvgIpc) is 2.60. The molecule has 2 aliphatic rings. The molecule has 1 aromatic carbocycles. The number of Topliss-reactive ketones (excluding diaryl/α,β-unsaturated/α-hetero) is 1. The molecule has 2 atom stereocenters. The summed E-state index contributed by atoms with van der Waals surface area (Å²) in [6.45, 7) is 14.3. The Morgan fingerprint density at radius 2 is 1.70 bits per heavy atom. The molecule has 2 unspecified atom stereocenters. The van der Waals surface area contributed by atoms with Crippen molar-refractivity contribution in [2.24, 2.45) is 5.92 Å². The molecule has 0 aromatic heterocycles. The Balaban J connectivity index is 1.96. The van der Waals surface area contributed by atoms with E-state index in [1.54, 1.807) is 12.1 Å². The summed E-state index contributed by atoms with van der Waals surface area (Å²) < 4.78 is 0. The lowest BCUT2D eigenvalue weighted by Gasteiger charge is -2.31. The van der Waals surface area contributed by atoms with Crippen LogP contribution in [0.15, 0.2) is 47.7 Å². The summed E-state index contributed by atoms with van der Waals surface area (Å²) in [4.78, 5) is 26.0. The SMILES string of the molecule is CC1C=CC=C2C(=O)C(C(=O)Nc3cc(O)c(C(C)(C)C)cc3C(C)(C)C)=CNC21. The van der Waals surface area contributed by atoms with Crippen molar-refractivity contribution in [3.05, 3.63) is 58.8 Å². The first-order chi connectivity index (χ1) is 13.8. The summed E-state index contributed by atoms with van der Waals surface area (Å²) in [7, 11) is 0. The first-order valence-electron chi connectivity index (χ1n) is 10.4. The van der Waals surface area contributed by atoms with E-state index in [4.69, 9.17) is 0 Å². The van der Waals surface area contributed by atoms with Crippen LogP contribution in [0, 0.1) is 5.92 Å². The summed E-state index contributed by atoms with van der Waals surface area (Å²) in [5, 5.41) is 16.7. The topological polar surface area (TPSA) is 78.4 Å². The van der Waals surface area contributed by atoms with Crippen molar-refractivity contribution in [3.63, 3.8) is 0 Å². The van der Waals surface area contributed by atoms with Crippen LogP contribution in [0.3, 0.4) is 0 Å². The largest absolute Gasteiger partial charge is 0.508 e. The van der Waals surface area contributed by atoms with E-state index in [0.29, 0.717) is 11.3 Å². The number of fused-ring (bicyclic) bond motifs is 1. The number of hydrogen-bond acceptors (Lipinski definition) is 4. The fourth-order valence-electron chi connectivity index (χ4n) is 3.96. The highest BCUT2D eigenvalue weighted by atomic mass is 16.3. The van der Waals surface area contributed by atoms with E-state index in [2.05, 4.69) is 31.4 Å². The number of benzene rings is 1. The molecule has 0 saturated carbocycles. The molecule has 30 heavy (non-hydrogen) atoms. The Hall–Kier alpha value is -2.82. The quantitative estimate of drug-likeness (QED) is 0.631. The van der Waals surface area contributed by atoms with Crippen molar-refractivity contribution in [2.45, 2.75) is 65.3 Å². The number of allylic oxidation sites excluding steroid dienone is 2. The van der Waals surface area contributed by atoms with Crippen molar-refractivity contribution in [3.8, 4) is 5.75 Å². The zero-order valence-corrected chi connectivity index (χ0v) is 18.9. The smallest absolute Gasteiger partial charge is 0.261 e. The van der Waals surface area contributed by atoms with Gasteiger partial charge in [0.05, 0.1) is 6.04 Å². The maximum atomic E-state index is 13.0. The zero-order valence-electron chi connectivity index (χ0n) is 18.9. The lowest BCUT2D eigenvalue weighted by molar-refractivity contribution is -0.118. The van der Waals surface area contributed by atoms with E-state index in [1.807, 2.05) is 45.9 Å². The molecule has 5 nitrogen and oxygen atoms in total. The number of phenolic OH excluding ortho intramolecular Hbond substituents is 1. The van der Waals surface area contributed by atoms with E-state index in [-0.39, 0.29) is 39.9 Å². The molecule has 160 valence electrons. The fourth-order valence-corrected chi connectivity index (χ4v) is 3.96. The third kappa shape index (κ3) is 4.07. The lowest BCUT2D eigenvalue weighted by Crippen LogP contribution is -2.43. The van der Waals surface area contributed by atoms with Gasteiger partial charge in [0.15, 0.2) is 5.78 Å². The molecule has 1 aliphatic heterocycles. The number of carbonyl (C=O) groups is 2. The van der Waals surface area contributed by atoms with Gasteiger partial charge in [-0.3, -0.25) is 9.59 Å². The fraction of sp³-hybridized carbons (Fsp3) is 0.440. The van der Waals surface area contributed by atoms with Gasteiger partial charge in [-0.1, -0.05) is 66.7 Å². The number of ketones is 1. The molecular weight excluding hydrogens is 376 g/mol. The minimum atomic E-state index is -0.484. The second kappa shape index (κ2) is 7.46. The van der Waals surface area contributed by atoms with E-state index < -0.39 is 5.91 Å². The van der Waals surface area contributed by atoms with Crippen LogP contribution < -0.4 is 10.6 Å². The van der Waals surface area contributed by atoms with Gasteiger partial charge in [0.25, 0.3) is 5.91 Å². The number of rotatable bonds is 2. The van der Waals surface area contributed by atoms with Gasteiger partial charge in [-0.05, 0) is 33.9 Å². The summed E-state index contributed by atoms with van der Waals surface area (Å²) in [6.07, 6.45) is 7.17. The van der Waals surface area contributed by atoms with E-state index in [0.717, 1.165) is 11.1 Å². The Bertz CT molecular complexity index is 985. The van der Waals surface area contributed by atoms with Crippen LogP contribution in [0.2, 0.25) is 0 Å². The van der Waals surface area contributed by atoms with Crippen molar-refractivity contribution in [1.82, 2.24) is 5.32 Å². The molecule has 1 aliphatic carbocycles. The average molecular weight is 409 g/mol. The molecule has 5 heteroatoms. The number of amides is 1. The highest BCUT2D eigenvalue weighted by Gasteiger charge is 2.35. The standard InChI is InChI=1S/C25H32N2O3/c1-14-9-8-10-15-21(14)26-13-16(22(15)29)23(30)27-19-12-20(28)18(25(5,6)7)11-17(19)24(2,3)4/h8-14,21,26,28H,1-7H3,(H,27,30). The van der Waals surface area contributed by atoms with Crippen LogP contribution in [0.1, 0.15) is 59.6 Å². The highest BCUT2D eigenvalue weighted by Crippen LogP contribution is 2.40. The first-order valence-corrected chi connectivity index (χ1v) is 10.4. The molecule has 1 heterocycles. The van der Waals surface area contributed by atoms with Gasteiger partial charge in [-0.2, -0.15) is 0 Å². The lowest BCUT2D eigenvalue weighted by atomic mass is 9.79. The summed E-state index contributed by atoms with van der Waals surface area (Å²) >= 11 is 0. The van der Waals surface area contributed by atoms with Crippen molar-refractivity contribution in [1.29, 1.82) is 0 Å². The number of carbonyl (C=O) groups excluding carboxylic acids is 2. The van der Waals surface area contributed by atoms with E-state index in [1.165, 1.54) is 6.20 Å². The molecule has 0 radical (unpaired) electrons. The Kier molecular flexibility index (Phi) is 5.44. The molecule has 0 fully saturated rings. The molecule has 3 rings (SSSR count). The zero-order chi connectivity index (χ0) is 22.4. The van der Waals surface area contributed by atoms with Crippen LogP contribution in [0.5, 0.6) is 5.75 Å². The number of anilines is 1. The van der Waals surface area contributed by atoms with E-state index in [9.17, 15) is 14.7 Å². The van der Waals surface area contributed by atoms with Crippen LogP contribution >= 0.6 is 0 Å². The van der Waals surface area contributed by atoms with Gasteiger partial charge in [0.1, 0.15) is 11.3 Å². The van der Waals surface area contributed by atoms with Gasteiger partial charge in [0.2, 0.25) is 0 Å². The third-order valence-corrected chi connectivity index (χ3v) is 5.71. The van der Waals surface area contributed by atoms with E-state index >= 15 is 0 Å². The number of aromatic hydroxyl groups is 1. The van der Waals surface area contributed by atoms with Crippen LogP contribution in [-0.2, 0) is 20.4 Å². The maximum absolute atomic E-state index is 13.0. The summed E-state index contributed by atoms with van der Waals surface area (Å²) in [6, 6.07) is 3.43. The third-order valence-electron chi connectivity index (χ3n) is 5.71. The number of hydrogen-bond donors (Lipinski definition) is 3. The Morgan fingerprint density at radius 3 is 2.30 bits per heavy atom. The molecule has 0 bridgehead atoms. The maximum Gasteiger partial charge on any atom is 0.261 e. The van der Waals surface area contributed by atoms with Crippen molar-refractivity contribution >= 4 is 17.4 Å². The second-order valence-corrected chi connectivity index (χ2v) is 10.3. The van der Waals surface area contributed by atoms with Crippen molar-refractivity contribution < 1.29 is 14.7 Å². The van der Waals surface area contributed by atoms with Crippen molar-refractivity contribution in [2.75, 3.05) is 5.32 Å². The normalized spacial score (nSPS) is 21.4. The van der Waals surface area contributed by atoms with Gasteiger partial charge in [-0.25, -0.2) is 0 Å². The van der Waals surface area contributed by atoms with Gasteiger partial charge >= 0.3 is 0 Å². The van der Waals surface area contributed by atoms with Crippen LogP contribution in [0.4, 0.5) is 5.69 Å². The Morgan fingerprint density at radius 1 is 1.07 bits per heavy atom. The molecule has 0 spiro atoms. The molecule has 1 aromatic rings. The molecule has 1 amide bonds. The molecular formula is C25H32N2O3. The first kappa shape index (κ1) is 21.9. The number of phenols is 1. The molecule has 3 N–H and O–H groups in total. The highest BCUT2D eigenvalue weighted by molar-refractivity contribution is 6.29. The predicted octanol–water partition coefficient (Wildman–Crippen LogP) is 4.48. The van der Waals surface area contributed by atoms with Gasteiger partial charge in [0, 0.05) is 23.5 Å². The minimum absolute atomic E-state index is 0.0687. The van der Waals surface area contributed by atoms with Gasteiger partial charge in [-0.15, -0.1) is 0 Å². The predicted molar refractivity (Wildman–Crippen MR) is 121 cm³/mol.